The van der Waals surface area contributed by atoms with Crippen LogP contribution in [0.2, 0.25) is 0 Å². The molecule has 35 heavy (non-hydrogen) atoms. The van der Waals surface area contributed by atoms with E-state index in [1.807, 2.05) is 4.90 Å². The highest BCUT2D eigenvalue weighted by molar-refractivity contribution is 7.91. The third-order valence-electron chi connectivity index (χ3n) is 7.68. The molecular formula is C23H29F3N4O4S. The first kappa shape index (κ1) is 24.4. The monoisotopic (exact) mass is 514 g/mol. The molecule has 12 heteroatoms. The van der Waals surface area contributed by atoms with Crippen LogP contribution in [0.5, 0.6) is 0 Å². The van der Waals surface area contributed by atoms with E-state index in [2.05, 4.69) is 5.32 Å². The van der Waals surface area contributed by atoms with Crippen molar-refractivity contribution in [3.63, 3.8) is 0 Å². The highest BCUT2D eigenvalue weighted by Gasteiger charge is 2.54. The van der Waals surface area contributed by atoms with Crippen molar-refractivity contribution >= 4 is 21.7 Å². The van der Waals surface area contributed by atoms with Crippen LogP contribution >= 0.6 is 0 Å². The minimum atomic E-state index is -4.55. The molecule has 5 rings (SSSR count). The summed E-state index contributed by atoms with van der Waals surface area (Å²) in [6, 6.07) is 2.98. The Morgan fingerprint density at radius 1 is 1.29 bits per heavy atom. The number of likely N-dealkylation sites (tertiary alicyclic amines) is 2. The van der Waals surface area contributed by atoms with Gasteiger partial charge in [0.2, 0.25) is 5.91 Å². The zero-order valence-corrected chi connectivity index (χ0v) is 20.2. The molecule has 1 spiro atoms. The van der Waals surface area contributed by atoms with E-state index in [1.54, 1.807) is 4.90 Å². The molecule has 3 amide bonds. The van der Waals surface area contributed by atoms with E-state index in [1.165, 1.54) is 6.07 Å². The van der Waals surface area contributed by atoms with Crippen LogP contribution < -0.4 is 5.32 Å². The van der Waals surface area contributed by atoms with Crippen LogP contribution in [0.25, 0.3) is 0 Å². The zero-order valence-electron chi connectivity index (χ0n) is 19.4. The predicted octanol–water partition coefficient (Wildman–Crippen LogP) is 2.70. The van der Waals surface area contributed by atoms with Crippen LogP contribution in [0.1, 0.15) is 30.4 Å². The summed E-state index contributed by atoms with van der Waals surface area (Å²) >= 11 is 0. The topological polar surface area (TPSA) is 103 Å². The van der Waals surface area contributed by atoms with Crippen molar-refractivity contribution in [1.82, 2.24) is 15.1 Å². The molecule has 8 nitrogen and oxygen atoms in total. The summed E-state index contributed by atoms with van der Waals surface area (Å²) in [5.74, 6) is 0.0549. The lowest BCUT2D eigenvalue weighted by atomic mass is 9.56. The number of rotatable bonds is 3. The molecule has 3 heterocycles. The largest absolute Gasteiger partial charge is 0.416 e. The fourth-order valence-corrected chi connectivity index (χ4v) is 7.12. The van der Waals surface area contributed by atoms with Gasteiger partial charge in [0.05, 0.1) is 32.3 Å². The van der Waals surface area contributed by atoms with Crippen LogP contribution in [0.4, 0.5) is 18.0 Å². The normalized spacial score (nSPS) is 27.9. The number of morpholine rings is 1. The number of carbonyl (C=O) groups excluding carboxylic acids is 2. The standard InChI is InChI=1S/C23H29F3N4O4S/c1-35(27,33)19-7-16(23(24,25)26)3-2-15(19)6-14-8-22(9-14)12-30(13-22)21(32)29-5-4-18-17(10-29)28-20(31)11-34-18/h2-3,7,14,17-18,27H,4-6,8-13H2,1H3,(H,28,31)/t17-,18+,35?/m1/s1. The first-order chi connectivity index (χ1) is 16.3. The first-order valence-electron chi connectivity index (χ1n) is 11.7. The summed E-state index contributed by atoms with van der Waals surface area (Å²) in [5.41, 5.74) is -0.325. The molecule has 1 aromatic rings. The Balaban J connectivity index is 1.15. The number of hydrogen-bond acceptors (Lipinski definition) is 5. The molecule has 0 aromatic heterocycles. The van der Waals surface area contributed by atoms with Gasteiger partial charge in [0, 0.05) is 37.8 Å². The van der Waals surface area contributed by atoms with Crippen molar-refractivity contribution in [3.8, 4) is 0 Å². The molecule has 2 N–H and O–H groups in total. The predicted molar refractivity (Wildman–Crippen MR) is 120 cm³/mol. The number of ether oxygens (including phenoxy) is 1. The minimum Gasteiger partial charge on any atom is -0.366 e. The zero-order chi connectivity index (χ0) is 25.2. The lowest BCUT2D eigenvalue weighted by Crippen LogP contribution is -2.68. The molecule has 1 aliphatic carbocycles. The molecule has 1 aromatic carbocycles. The number of amides is 3. The lowest BCUT2D eigenvalue weighted by Gasteiger charge is -2.60. The Hall–Kier alpha value is -2.34. The Morgan fingerprint density at radius 2 is 2.00 bits per heavy atom. The Labute approximate surface area is 202 Å². The number of nitrogens with zero attached hydrogens (tertiary/aromatic N) is 2. The first-order valence-corrected chi connectivity index (χ1v) is 13.7. The van der Waals surface area contributed by atoms with E-state index < -0.39 is 21.5 Å². The number of hydrogen-bond donors (Lipinski definition) is 2. The van der Waals surface area contributed by atoms with Gasteiger partial charge < -0.3 is 19.9 Å². The quantitative estimate of drug-likeness (QED) is 0.648. The van der Waals surface area contributed by atoms with Gasteiger partial charge in [-0.15, -0.1) is 0 Å². The van der Waals surface area contributed by atoms with Gasteiger partial charge in [-0.05, 0) is 49.3 Å². The Kier molecular flexibility index (Phi) is 5.82. The fourth-order valence-electron chi connectivity index (χ4n) is 6.11. The van der Waals surface area contributed by atoms with E-state index in [4.69, 9.17) is 9.52 Å². The lowest BCUT2D eigenvalue weighted by molar-refractivity contribution is -0.140. The molecule has 4 aliphatic rings. The molecular weight excluding hydrogens is 485 g/mol. The van der Waals surface area contributed by atoms with Crippen molar-refractivity contribution in [3.05, 3.63) is 29.3 Å². The fraction of sp³-hybridized carbons (Fsp3) is 0.652. The maximum absolute atomic E-state index is 13.1. The number of halogens is 3. The van der Waals surface area contributed by atoms with E-state index in [0.29, 0.717) is 44.6 Å². The Bertz CT molecular complexity index is 1140. The van der Waals surface area contributed by atoms with E-state index >= 15 is 0 Å². The van der Waals surface area contributed by atoms with Crippen LogP contribution in [-0.4, -0.2) is 77.1 Å². The third kappa shape index (κ3) is 4.74. The second-order valence-corrected chi connectivity index (χ2v) is 12.7. The Morgan fingerprint density at radius 3 is 2.66 bits per heavy atom. The van der Waals surface area contributed by atoms with Crippen molar-refractivity contribution in [2.75, 3.05) is 39.0 Å². The van der Waals surface area contributed by atoms with Crippen LogP contribution in [0.15, 0.2) is 23.1 Å². The highest BCUT2D eigenvalue weighted by atomic mass is 32.2. The number of urea groups is 1. The molecule has 0 radical (unpaired) electrons. The summed E-state index contributed by atoms with van der Waals surface area (Å²) in [4.78, 5) is 28.1. The SMILES string of the molecule is CS(=N)(=O)c1cc(C(F)(F)F)ccc1CC1CC2(C1)CN(C(=O)N1CC[C@@H]3OCC(=O)N[C@@H]3C1)C2. The maximum atomic E-state index is 13.1. The molecule has 3 saturated heterocycles. The van der Waals surface area contributed by atoms with Gasteiger partial charge in [-0.25, -0.2) is 13.8 Å². The highest BCUT2D eigenvalue weighted by Crippen LogP contribution is 2.53. The smallest absolute Gasteiger partial charge is 0.366 e. The summed E-state index contributed by atoms with van der Waals surface area (Å²) in [5, 5.41) is 2.90. The van der Waals surface area contributed by atoms with Gasteiger partial charge in [0.25, 0.3) is 0 Å². The van der Waals surface area contributed by atoms with Crippen LogP contribution in [-0.2, 0) is 31.9 Å². The number of alkyl halides is 3. The second-order valence-electron chi connectivity index (χ2n) is 10.5. The summed E-state index contributed by atoms with van der Waals surface area (Å²) in [6.45, 7) is 2.36. The molecule has 192 valence electrons. The molecule has 1 saturated carbocycles. The van der Waals surface area contributed by atoms with Crippen molar-refractivity contribution in [1.29, 1.82) is 4.78 Å². The molecule has 0 bridgehead atoms. The molecule has 4 fully saturated rings. The maximum Gasteiger partial charge on any atom is 0.416 e. The number of nitrogens with one attached hydrogen (secondary N) is 2. The van der Waals surface area contributed by atoms with Gasteiger partial charge in [-0.1, -0.05) is 6.07 Å². The summed E-state index contributed by atoms with van der Waals surface area (Å²) < 4.78 is 65.1. The second kappa shape index (κ2) is 8.36. The average molecular weight is 515 g/mol. The van der Waals surface area contributed by atoms with Gasteiger partial charge in [-0.3, -0.25) is 4.79 Å². The van der Waals surface area contributed by atoms with E-state index in [9.17, 15) is 27.0 Å². The third-order valence-corrected chi connectivity index (χ3v) is 8.90. The van der Waals surface area contributed by atoms with Crippen molar-refractivity contribution in [2.45, 2.75) is 48.9 Å². The number of carbonyl (C=O) groups is 2. The molecule has 1 unspecified atom stereocenters. The minimum absolute atomic E-state index is 0.0292. The number of fused-ring (bicyclic) bond motifs is 1. The van der Waals surface area contributed by atoms with E-state index in [0.717, 1.165) is 31.2 Å². The van der Waals surface area contributed by atoms with Crippen LogP contribution in [0, 0.1) is 16.1 Å². The van der Waals surface area contributed by atoms with Crippen molar-refractivity contribution < 1.29 is 31.7 Å². The van der Waals surface area contributed by atoms with E-state index in [-0.39, 0.29) is 46.9 Å². The van der Waals surface area contributed by atoms with Gasteiger partial charge in [-0.2, -0.15) is 13.2 Å². The van der Waals surface area contributed by atoms with Crippen molar-refractivity contribution in [2.24, 2.45) is 11.3 Å². The van der Waals surface area contributed by atoms with Gasteiger partial charge in [0.1, 0.15) is 6.61 Å². The molecule has 3 atom stereocenters. The van der Waals surface area contributed by atoms with Gasteiger partial charge in [0.15, 0.2) is 0 Å². The molecule has 3 aliphatic heterocycles. The number of benzene rings is 1. The van der Waals surface area contributed by atoms with Crippen LogP contribution in [0.3, 0.4) is 0 Å². The summed E-state index contributed by atoms with van der Waals surface area (Å²) in [6.07, 6.45) is -0.610. The summed E-state index contributed by atoms with van der Waals surface area (Å²) in [7, 11) is -3.30. The average Bonchev–Trinajstić information content (AvgIpc) is 2.72. The van der Waals surface area contributed by atoms with Gasteiger partial charge >= 0.3 is 12.2 Å². The number of piperidine rings is 1.